The number of fused-ring (bicyclic) bond motifs is 4. The van der Waals surface area contributed by atoms with Gasteiger partial charge in [-0.3, -0.25) is 0 Å². The molecule has 4 heterocycles. The van der Waals surface area contributed by atoms with Gasteiger partial charge in [0.1, 0.15) is 5.75 Å². The van der Waals surface area contributed by atoms with Crippen molar-refractivity contribution in [2.75, 3.05) is 33.4 Å². The van der Waals surface area contributed by atoms with Gasteiger partial charge in [0.15, 0.2) is 5.69 Å². The first-order valence-electron chi connectivity index (χ1n) is 8.86. The van der Waals surface area contributed by atoms with E-state index in [0.717, 1.165) is 38.9 Å². The van der Waals surface area contributed by atoms with Crippen molar-refractivity contribution in [3.05, 3.63) is 35.3 Å². The fourth-order valence-corrected chi connectivity index (χ4v) is 4.20. The molecule has 0 spiro atoms. The maximum absolute atomic E-state index is 12.7. The van der Waals surface area contributed by atoms with E-state index in [-0.39, 0.29) is 11.4 Å². The first-order chi connectivity index (χ1) is 12.5. The predicted octanol–water partition coefficient (Wildman–Crippen LogP) is 2.97. The first kappa shape index (κ1) is 17.0. The average Bonchev–Trinajstić information content (AvgIpc) is 3.10. The van der Waals surface area contributed by atoms with Crippen LogP contribution in [0.5, 0.6) is 5.75 Å². The number of nitrogens with zero attached hydrogens (tertiary/aromatic N) is 2. The number of carbonyl (C=O) groups is 1. The molecule has 0 saturated carbocycles. The Morgan fingerprint density at radius 2 is 2.04 bits per heavy atom. The number of aromatic nitrogens is 1. The van der Waals surface area contributed by atoms with Crippen molar-refractivity contribution in [2.45, 2.75) is 19.3 Å². The lowest BCUT2D eigenvalue weighted by atomic mass is 9.70. The van der Waals surface area contributed by atoms with E-state index in [1.54, 1.807) is 18.3 Å². The van der Waals surface area contributed by atoms with Gasteiger partial charge in [0.25, 0.3) is 0 Å². The second-order valence-electron chi connectivity index (χ2n) is 7.60. The van der Waals surface area contributed by atoms with E-state index in [4.69, 9.17) is 24.0 Å². The zero-order chi connectivity index (χ0) is 18.4. The van der Waals surface area contributed by atoms with Gasteiger partial charge in [-0.2, -0.15) is 0 Å². The molecule has 3 aliphatic rings. The molecular formula is C19H21BN3O3+. The molecule has 2 bridgehead atoms. The molecule has 2 radical (unpaired) electrons. The van der Waals surface area contributed by atoms with E-state index in [2.05, 4.69) is 9.83 Å². The van der Waals surface area contributed by atoms with E-state index in [9.17, 15) is 4.79 Å². The fraction of sp³-hybridized carbons (Fsp3) is 0.474. The number of nitrogens with one attached hydrogen (secondary N) is 1. The molecule has 1 aromatic heterocycles. The molecule has 3 aliphatic heterocycles. The monoisotopic (exact) mass is 350 g/mol. The zero-order valence-corrected chi connectivity index (χ0v) is 14.9. The van der Waals surface area contributed by atoms with Crippen LogP contribution in [0.3, 0.4) is 0 Å². The van der Waals surface area contributed by atoms with Gasteiger partial charge in [-0.1, -0.05) is 0 Å². The number of quaternary nitrogens is 1. The Hall–Kier alpha value is -2.46. The smallest absolute Gasteiger partial charge is 0.481 e. The van der Waals surface area contributed by atoms with Crippen LogP contribution < -0.4 is 4.74 Å². The van der Waals surface area contributed by atoms with Crippen molar-refractivity contribution in [1.82, 2.24) is 4.98 Å². The quantitative estimate of drug-likeness (QED) is 0.524. The molecule has 2 aromatic rings. The minimum Gasteiger partial charge on any atom is -0.497 e. The molecule has 26 heavy (non-hydrogen) atoms. The van der Waals surface area contributed by atoms with E-state index in [1.165, 1.54) is 7.11 Å². The highest BCUT2D eigenvalue weighted by atomic mass is 16.5. The van der Waals surface area contributed by atoms with Crippen molar-refractivity contribution in [1.29, 1.82) is 0 Å². The highest BCUT2D eigenvalue weighted by molar-refractivity contribution is 6.07. The van der Waals surface area contributed by atoms with Crippen LogP contribution in [0.1, 0.15) is 29.6 Å². The van der Waals surface area contributed by atoms with Gasteiger partial charge in [0.2, 0.25) is 0 Å². The lowest BCUT2D eigenvalue weighted by Gasteiger charge is -2.53. The summed E-state index contributed by atoms with van der Waals surface area (Å²) in [5.74, 6) is 0.143. The van der Waals surface area contributed by atoms with Gasteiger partial charge in [-0.25, -0.2) is 9.64 Å². The number of hydrogen-bond donors (Lipinski definition) is 1. The third-order valence-electron chi connectivity index (χ3n) is 6.07. The van der Waals surface area contributed by atoms with Crippen LogP contribution in [0.2, 0.25) is 0 Å². The maximum Gasteiger partial charge on any atom is 0.481 e. The van der Waals surface area contributed by atoms with Crippen molar-refractivity contribution in [2.24, 2.45) is 5.41 Å². The van der Waals surface area contributed by atoms with Gasteiger partial charge in [0.05, 0.1) is 50.9 Å². The van der Waals surface area contributed by atoms with Crippen LogP contribution in [0.4, 0.5) is 5.69 Å². The number of ether oxygens (including phenoxy) is 2. The maximum atomic E-state index is 12.7. The Morgan fingerprint density at radius 3 is 2.65 bits per heavy atom. The molecule has 1 N–H and O–H groups in total. The Labute approximate surface area is 153 Å². The van der Waals surface area contributed by atoms with Crippen molar-refractivity contribution >= 4 is 30.5 Å². The molecule has 1 aromatic carbocycles. The largest absolute Gasteiger partial charge is 0.497 e. The molecule has 132 valence electrons. The van der Waals surface area contributed by atoms with Gasteiger partial charge in [-0.05, 0) is 12.1 Å². The summed E-state index contributed by atoms with van der Waals surface area (Å²) < 4.78 is 11.8. The molecule has 0 atom stereocenters. The Bertz CT molecular complexity index is 890. The SMILES string of the molecule is [B][N+]12CCC(COC(=O)c3c[nH]c4cc([N+]#[C-])cc(OC)c34)(CC1)CC2. The highest BCUT2D eigenvalue weighted by Crippen LogP contribution is 2.43. The number of benzene rings is 1. The molecule has 0 amide bonds. The van der Waals surface area contributed by atoms with Crippen molar-refractivity contribution in [3.63, 3.8) is 0 Å². The second kappa shape index (κ2) is 6.06. The number of methoxy groups -OCH3 is 1. The number of piperidine rings is 3. The van der Waals surface area contributed by atoms with E-state index >= 15 is 0 Å². The standard InChI is InChI=1S/C19H21BN3O3/c1-21-13-9-15-17(16(10-13)25-2)14(11-22-15)18(24)26-12-19-3-6-23(20,7-4-19)8-5-19/h9-11,22H,3-8,12H2,2H3/q+1. The third-order valence-corrected chi connectivity index (χ3v) is 6.07. The summed E-state index contributed by atoms with van der Waals surface area (Å²) in [6.07, 6.45) is 4.64. The Balaban J connectivity index is 1.55. The number of esters is 1. The number of carbonyl (C=O) groups excluding carboxylic acids is 1. The molecule has 0 aliphatic carbocycles. The molecular weight excluding hydrogens is 329 g/mol. The van der Waals surface area contributed by atoms with E-state index in [1.807, 2.05) is 0 Å². The second-order valence-corrected chi connectivity index (χ2v) is 7.60. The van der Waals surface area contributed by atoms with Gasteiger partial charge in [0, 0.05) is 36.4 Å². The first-order valence-corrected chi connectivity index (χ1v) is 8.86. The Morgan fingerprint density at radius 1 is 1.35 bits per heavy atom. The predicted molar refractivity (Wildman–Crippen MR) is 98.3 cm³/mol. The van der Waals surface area contributed by atoms with Crippen LogP contribution in [0.15, 0.2) is 18.3 Å². The topological polar surface area (TPSA) is 55.7 Å². The highest BCUT2D eigenvalue weighted by Gasteiger charge is 2.47. The van der Waals surface area contributed by atoms with Crippen molar-refractivity contribution in [3.8, 4) is 5.75 Å². The van der Waals surface area contributed by atoms with E-state index in [0.29, 0.717) is 38.9 Å². The number of H-pyrrole nitrogens is 1. The van der Waals surface area contributed by atoms with Crippen LogP contribution in [-0.4, -0.2) is 56.7 Å². The summed E-state index contributed by atoms with van der Waals surface area (Å²) in [5, 5.41) is 0.660. The average molecular weight is 350 g/mol. The Kier molecular flexibility index (Phi) is 3.96. The minimum atomic E-state index is -0.357. The number of aromatic amines is 1. The van der Waals surface area contributed by atoms with Crippen LogP contribution in [0, 0.1) is 12.0 Å². The minimum absolute atomic E-state index is 0.0719. The third kappa shape index (κ3) is 2.75. The molecule has 5 rings (SSSR count). The number of rotatable bonds is 4. The lowest BCUT2D eigenvalue weighted by molar-refractivity contribution is -0.839. The zero-order valence-electron chi connectivity index (χ0n) is 14.9. The molecule has 3 saturated heterocycles. The summed E-state index contributed by atoms with van der Waals surface area (Å²) in [4.78, 5) is 19.2. The molecule has 0 unspecified atom stereocenters. The molecule has 6 nitrogen and oxygen atoms in total. The van der Waals surface area contributed by atoms with Crippen LogP contribution in [0.25, 0.3) is 15.7 Å². The van der Waals surface area contributed by atoms with Gasteiger partial charge in [-0.15, -0.1) is 0 Å². The van der Waals surface area contributed by atoms with Gasteiger partial charge >= 0.3 is 14.0 Å². The molecule has 3 fully saturated rings. The summed E-state index contributed by atoms with van der Waals surface area (Å²) in [5.41, 5.74) is 1.67. The molecule has 7 heteroatoms. The normalized spacial score (nSPS) is 27.2. The fourth-order valence-electron chi connectivity index (χ4n) is 4.20. The summed E-state index contributed by atoms with van der Waals surface area (Å²) in [6, 6.07) is 3.35. The van der Waals surface area contributed by atoms with Crippen LogP contribution in [-0.2, 0) is 4.74 Å². The summed E-state index contributed by atoms with van der Waals surface area (Å²) in [7, 11) is 7.83. The number of hydrogen-bond acceptors (Lipinski definition) is 3. The van der Waals surface area contributed by atoms with Crippen LogP contribution >= 0.6 is 0 Å². The van der Waals surface area contributed by atoms with E-state index < -0.39 is 0 Å². The summed E-state index contributed by atoms with van der Waals surface area (Å²) >= 11 is 0. The van der Waals surface area contributed by atoms with Crippen molar-refractivity contribution < 1.29 is 18.7 Å². The lowest BCUT2D eigenvalue weighted by Crippen LogP contribution is -2.61. The van der Waals surface area contributed by atoms with Gasteiger partial charge < -0.3 is 18.9 Å². The summed E-state index contributed by atoms with van der Waals surface area (Å²) in [6.45, 7) is 10.5.